The number of carbonyl (C=O) groups excluding carboxylic acids is 2. The van der Waals surface area contributed by atoms with E-state index in [1.54, 1.807) is 27.7 Å². The first-order chi connectivity index (χ1) is 8.10. The molecule has 0 aromatic rings. The highest BCUT2D eigenvalue weighted by atomic mass is 16.4. The van der Waals surface area contributed by atoms with E-state index in [1.807, 2.05) is 0 Å². The summed E-state index contributed by atoms with van der Waals surface area (Å²) in [5.41, 5.74) is 9.81. The summed E-state index contributed by atoms with van der Waals surface area (Å²) in [5.74, 6) is -1.94. The molecular formula is C11H22N4O3. The van der Waals surface area contributed by atoms with Crippen LogP contribution in [0.5, 0.6) is 0 Å². The number of oxime groups is 1. The van der Waals surface area contributed by atoms with Gasteiger partial charge < -0.3 is 22.0 Å². The van der Waals surface area contributed by atoms with E-state index < -0.39 is 23.3 Å². The van der Waals surface area contributed by atoms with Gasteiger partial charge in [0.1, 0.15) is 5.92 Å². The Labute approximate surface area is 107 Å². The van der Waals surface area contributed by atoms with Gasteiger partial charge >= 0.3 is 0 Å². The van der Waals surface area contributed by atoms with E-state index in [1.165, 1.54) is 0 Å². The van der Waals surface area contributed by atoms with E-state index in [2.05, 4.69) is 10.5 Å². The van der Waals surface area contributed by atoms with Gasteiger partial charge in [-0.15, -0.1) is 0 Å². The van der Waals surface area contributed by atoms with Gasteiger partial charge in [0.2, 0.25) is 11.8 Å². The number of carbonyl (C=O) groups is 2. The predicted octanol–water partition coefficient (Wildman–Crippen LogP) is -0.225. The lowest BCUT2D eigenvalue weighted by Crippen LogP contribution is -2.51. The highest BCUT2D eigenvalue weighted by Gasteiger charge is 2.31. The Hall–Kier alpha value is -1.79. The lowest BCUT2D eigenvalue weighted by Gasteiger charge is -2.28. The Balaban J connectivity index is 4.87. The molecule has 0 bridgehead atoms. The van der Waals surface area contributed by atoms with Crippen LogP contribution in [0.3, 0.4) is 0 Å². The van der Waals surface area contributed by atoms with E-state index in [0.717, 1.165) is 0 Å². The van der Waals surface area contributed by atoms with E-state index in [4.69, 9.17) is 16.7 Å². The number of primary amides is 1. The zero-order chi connectivity index (χ0) is 14.5. The minimum Gasteiger partial charge on any atom is -0.409 e. The second-order valence-electron chi connectivity index (χ2n) is 5.26. The number of nitrogens with one attached hydrogen (secondary N) is 1. The van der Waals surface area contributed by atoms with Crippen molar-refractivity contribution in [3.8, 4) is 0 Å². The van der Waals surface area contributed by atoms with Crippen LogP contribution in [-0.2, 0) is 9.59 Å². The van der Waals surface area contributed by atoms with Crippen molar-refractivity contribution in [2.75, 3.05) is 0 Å². The van der Waals surface area contributed by atoms with Crippen LogP contribution in [0.1, 0.15) is 34.1 Å². The van der Waals surface area contributed by atoms with Gasteiger partial charge in [-0.3, -0.25) is 9.59 Å². The van der Waals surface area contributed by atoms with Gasteiger partial charge in [-0.2, -0.15) is 0 Å². The van der Waals surface area contributed by atoms with Gasteiger partial charge in [-0.25, -0.2) is 0 Å². The van der Waals surface area contributed by atoms with Crippen LogP contribution in [0.2, 0.25) is 0 Å². The molecule has 104 valence electrons. The van der Waals surface area contributed by atoms with Crippen molar-refractivity contribution in [3.63, 3.8) is 0 Å². The molecule has 1 unspecified atom stereocenters. The molecule has 0 aliphatic rings. The van der Waals surface area contributed by atoms with Gasteiger partial charge in [-0.05, 0) is 19.8 Å². The van der Waals surface area contributed by atoms with Gasteiger partial charge in [0.05, 0.1) is 0 Å². The van der Waals surface area contributed by atoms with Crippen LogP contribution in [0.4, 0.5) is 0 Å². The second kappa shape index (κ2) is 6.23. The Morgan fingerprint density at radius 3 is 2.17 bits per heavy atom. The molecule has 7 nitrogen and oxygen atoms in total. The fourth-order valence-corrected chi connectivity index (χ4v) is 1.73. The smallest absolute Gasteiger partial charge is 0.231 e. The fourth-order valence-electron chi connectivity index (χ4n) is 1.73. The Kier molecular flexibility index (Phi) is 5.61. The third-order valence-electron chi connectivity index (χ3n) is 2.46. The third kappa shape index (κ3) is 5.03. The number of amidine groups is 1. The monoisotopic (exact) mass is 258 g/mol. The van der Waals surface area contributed by atoms with Crippen LogP contribution in [0.15, 0.2) is 5.16 Å². The first kappa shape index (κ1) is 16.2. The molecule has 0 spiro atoms. The number of nitrogens with zero attached hydrogens (tertiary/aromatic N) is 1. The minimum atomic E-state index is -0.772. The normalized spacial score (nSPS) is 14.4. The van der Waals surface area contributed by atoms with E-state index in [0.29, 0.717) is 0 Å². The summed E-state index contributed by atoms with van der Waals surface area (Å²) >= 11 is 0. The van der Waals surface area contributed by atoms with Crippen LogP contribution in [0, 0.1) is 11.8 Å². The topological polar surface area (TPSA) is 131 Å². The lowest BCUT2D eigenvalue weighted by atomic mass is 9.91. The lowest BCUT2D eigenvalue weighted by molar-refractivity contribution is -0.126. The van der Waals surface area contributed by atoms with Gasteiger partial charge in [0.15, 0.2) is 5.84 Å². The molecule has 0 aliphatic heterocycles. The first-order valence-electron chi connectivity index (χ1n) is 5.68. The van der Waals surface area contributed by atoms with E-state index in [9.17, 15) is 9.59 Å². The van der Waals surface area contributed by atoms with Gasteiger partial charge in [0.25, 0.3) is 0 Å². The van der Waals surface area contributed by atoms with Crippen molar-refractivity contribution in [2.45, 2.75) is 39.7 Å². The number of hydrogen-bond acceptors (Lipinski definition) is 4. The third-order valence-corrected chi connectivity index (χ3v) is 2.46. The molecule has 18 heavy (non-hydrogen) atoms. The summed E-state index contributed by atoms with van der Waals surface area (Å²) in [4.78, 5) is 22.9. The molecule has 0 aromatic carbocycles. The van der Waals surface area contributed by atoms with Crippen LogP contribution >= 0.6 is 0 Å². The largest absolute Gasteiger partial charge is 0.409 e. The highest BCUT2D eigenvalue weighted by molar-refractivity contribution is 6.02. The van der Waals surface area contributed by atoms with Crippen LogP contribution in [0.25, 0.3) is 0 Å². The maximum absolute atomic E-state index is 12.0. The first-order valence-corrected chi connectivity index (χ1v) is 5.68. The summed E-state index contributed by atoms with van der Waals surface area (Å²) in [6, 6.07) is 0. The van der Waals surface area contributed by atoms with Gasteiger partial charge in [-0.1, -0.05) is 19.0 Å². The number of amides is 2. The molecule has 0 aromatic heterocycles. The number of rotatable bonds is 6. The molecule has 0 heterocycles. The Bertz CT molecular complexity index is 350. The number of nitrogens with two attached hydrogens (primary N) is 2. The molecule has 0 saturated carbocycles. The molecule has 0 saturated heterocycles. The zero-order valence-electron chi connectivity index (χ0n) is 11.2. The second-order valence-corrected chi connectivity index (χ2v) is 5.26. The SMILES string of the molecule is CC(C)C(C(=O)NC(C)(C)CC(N)=O)C(N)=NO. The number of hydrogen-bond donors (Lipinski definition) is 4. The quantitative estimate of drug-likeness (QED) is 0.227. The predicted molar refractivity (Wildman–Crippen MR) is 67.8 cm³/mol. The maximum atomic E-state index is 12.0. The highest BCUT2D eigenvalue weighted by Crippen LogP contribution is 2.15. The minimum absolute atomic E-state index is 0.0136. The summed E-state index contributed by atoms with van der Waals surface area (Å²) in [7, 11) is 0. The van der Waals surface area contributed by atoms with Crippen LogP contribution in [-0.4, -0.2) is 28.4 Å². The molecule has 2 amide bonds. The van der Waals surface area contributed by atoms with Crippen LogP contribution < -0.4 is 16.8 Å². The summed E-state index contributed by atoms with van der Waals surface area (Å²) in [6.07, 6.45) is 0.0136. The Morgan fingerprint density at radius 1 is 1.33 bits per heavy atom. The molecule has 0 fully saturated rings. The molecular weight excluding hydrogens is 236 g/mol. The Morgan fingerprint density at radius 2 is 1.83 bits per heavy atom. The molecule has 7 heteroatoms. The van der Waals surface area contributed by atoms with E-state index in [-0.39, 0.29) is 18.2 Å². The zero-order valence-corrected chi connectivity index (χ0v) is 11.2. The molecule has 0 rings (SSSR count). The molecule has 0 aliphatic carbocycles. The van der Waals surface area contributed by atoms with Crippen molar-refractivity contribution >= 4 is 17.6 Å². The van der Waals surface area contributed by atoms with Crippen molar-refractivity contribution in [1.29, 1.82) is 0 Å². The average molecular weight is 258 g/mol. The summed E-state index contributed by atoms with van der Waals surface area (Å²) < 4.78 is 0. The van der Waals surface area contributed by atoms with E-state index >= 15 is 0 Å². The average Bonchev–Trinajstić information content (AvgIpc) is 2.13. The van der Waals surface area contributed by atoms with Crippen molar-refractivity contribution in [3.05, 3.63) is 0 Å². The molecule has 1 atom stereocenters. The maximum Gasteiger partial charge on any atom is 0.231 e. The standard InChI is InChI=1S/C11H22N4O3/c1-6(2)8(9(13)15-18)10(17)14-11(3,4)5-7(12)16/h6,8,18H,5H2,1-4H3,(H2,12,16)(H2,13,15)(H,14,17). The fraction of sp³-hybridized carbons (Fsp3) is 0.727. The van der Waals surface area contributed by atoms with Crippen molar-refractivity contribution in [1.82, 2.24) is 5.32 Å². The van der Waals surface area contributed by atoms with Crippen molar-refractivity contribution in [2.24, 2.45) is 28.5 Å². The summed E-state index contributed by atoms with van der Waals surface area (Å²) in [5, 5.41) is 14.2. The van der Waals surface area contributed by atoms with Crippen molar-refractivity contribution < 1.29 is 14.8 Å². The molecule has 0 radical (unpaired) electrons. The summed E-state index contributed by atoms with van der Waals surface area (Å²) in [6.45, 7) is 6.92. The van der Waals surface area contributed by atoms with Gasteiger partial charge in [0, 0.05) is 12.0 Å². The molecule has 6 N–H and O–H groups in total.